The molecule has 1 unspecified atom stereocenters. The fraction of sp³-hybridized carbons (Fsp3) is 0.448. The van der Waals surface area contributed by atoms with Gasteiger partial charge in [-0.05, 0) is 53.5 Å². The molecule has 0 bridgehead atoms. The number of nitrogens with zero attached hydrogens (tertiary/aromatic N) is 1. The number of halogens is 2. The number of fused-ring (bicyclic) bond motifs is 1. The van der Waals surface area contributed by atoms with E-state index in [0.29, 0.717) is 18.4 Å². The van der Waals surface area contributed by atoms with E-state index in [1.807, 2.05) is 0 Å². The highest BCUT2D eigenvalue weighted by Gasteiger charge is 2.39. The molecule has 0 saturated carbocycles. The number of aliphatic hydroxyl groups is 1. The lowest BCUT2D eigenvalue weighted by Gasteiger charge is -2.40. The Morgan fingerprint density at radius 2 is 1.92 bits per heavy atom. The van der Waals surface area contributed by atoms with E-state index in [4.69, 9.17) is 4.52 Å². The zero-order chi connectivity index (χ0) is 26.8. The number of nitrogens with one attached hydrogen (secondary N) is 2. The molecular formula is C29H35F2N3O3. The fourth-order valence-corrected chi connectivity index (χ4v) is 5.13. The second-order valence-corrected chi connectivity index (χ2v) is 11.1. The first-order chi connectivity index (χ1) is 17.4. The number of rotatable bonds is 8. The molecule has 8 heteroatoms. The van der Waals surface area contributed by atoms with Crippen molar-refractivity contribution in [1.29, 1.82) is 0 Å². The van der Waals surface area contributed by atoms with Crippen molar-refractivity contribution in [1.82, 2.24) is 15.8 Å². The molecule has 0 radical (unpaired) electrons. The Labute approximate surface area is 216 Å². The van der Waals surface area contributed by atoms with Crippen LogP contribution in [0.3, 0.4) is 0 Å². The number of aliphatic hydroxyl groups excluding tert-OH is 1. The van der Waals surface area contributed by atoms with Crippen molar-refractivity contribution in [3.63, 3.8) is 0 Å². The summed E-state index contributed by atoms with van der Waals surface area (Å²) in [5.74, 6) is -0.864. The van der Waals surface area contributed by atoms with Gasteiger partial charge in [-0.2, -0.15) is 0 Å². The quantitative estimate of drug-likeness (QED) is 0.419. The van der Waals surface area contributed by atoms with Crippen LogP contribution in [0.5, 0.6) is 0 Å². The SMILES string of the molecule is CC(=O)N[C@@H](Cc1cc(F)cc(F)c1)[C@H](O)CNC1(c2cccc(C(C)(C)C)c2)CCc2oncc2C1. The van der Waals surface area contributed by atoms with Crippen LogP contribution < -0.4 is 10.6 Å². The topological polar surface area (TPSA) is 87.4 Å². The van der Waals surface area contributed by atoms with Gasteiger partial charge in [0.05, 0.1) is 18.3 Å². The van der Waals surface area contributed by atoms with Crippen molar-refractivity contribution in [2.24, 2.45) is 0 Å². The zero-order valence-electron chi connectivity index (χ0n) is 21.8. The molecule has 1 heterocycles. The maximum Gasteiger partial charge on any atom is 0.217 e. The van der Waals surface area contributed by atoms with Crippen molar-refractivity contribution in [3.8, 4) is 0 Å². The molecule has 6 nitrogen and oxygen atoms in total. The van der Waals surface area contributed by atoms with Crippen molar-refractivity contribution in [2.75, 3.05) is 6.54 Å². The van der Waals surface area contributed by atoms with Gasteiger partial charge in [0.2, 0.25) is 5.91 Å². The maximum absolute atomic E-state index is 13.8. The van der Waals surface area contributed by atoms with Crippen LogP contribution in [0.2, 0.25) is 0 Å². The molecule has 0 spiro atoms. The van der Waals surface area contributed by atoms with E-state index in [2.05, 4.69) is 60.8 Å². The summed E-state index contributed by atoms with van der Waals surface area (Å²) < 4.78 is 33.0. The number of hydrogen-bond acceptors (Lipinski definition) is 5. The third-order valence-corrected chi connectivity index (χ3v) is 7.16. The molecule has 2 aromatic carbocycles. The van der Waals surface area contributed by atoms with Crippen LogP contribution in [0, 0.1) is 11.6 Å². The standard InChI is InChI=1S/C29H35F2N3O3/c1-18(35)34-25(12-19-10-23(30)14-24(31)11-19)26(36)17-32-29(9-8-27-20(15-29)16-33-37-27)22-7-5-6-21(13-22)28(2,3)4/h5-7,10-11,13-14,16,25-26,32,36H,8-9,12,15,17H2,1-4H3,(H,34,35)/t25-,26+,29?/m0/s1. The lowest BCUT2D eigenvalue weighted by Crippen LogP contribution is -2.54. The summed E-state index contributed by atoms with van der Waals surface area (Å²) in [6.45, 7) is 8.02. The molecule has 1 aromatic heterocycles. The van der Waals surface area contributed by atoms with Crippen LogP contribution in [-0.4, -0.2) is 34.9 Å². The number of carbonyl (C=O) groups is 1. The summed E-state index contributed by atoms with van der Waals surface area (Å²) in [7, 11) is 0. The highest BCUT2D eigenvalue weighted by atomic mass is 19.1. The third-order valence-electron chi connectivity index (χ3n) is 7.16. The second-order valence-electron chi connectivity index (χ2n) is 11.1. The van der Waals surface area contributed by atoms with E-state index in [1.54, 1.807) is 6.20 Å². The van der Waals surface area contributed by atoms with Crippen molar-refractivity contribution < 1.29 is 23.2 Å². The van der Waals surface area contributed by atoms with Gasteiger partial charge in [-0.3, -0.25) is 4.79 Å². The van der Waals surface area contributed by atoms with E-state index >= 15 is 0 Å². The smallest absolute Gasteiger partial charge is 0.217 e. The first kappa shape index (κ1) is 26.9. The highest BCUT2D eigenvalue weighted by molar-refractivity contribution is 5.73. The summed E-state index contributed by atoms with van der Waals surface area (Å²) in [5, 5.41) is 21.5. The average Bonchev–Trinajstić information content (AvgIpc) is 3.28. The largest absolute Gasteiger partial charge is 0.390 e. The van der Waals surface area contributed by atoms with E-state index in [1.165, 1.54) is 24.6 Å². The Kier molecular flexibility index (Phi) is 7.80. The molecule has 3 N–H and O–H groups in total. The molecule has 1 amide bonds. The van der Waals surface area contributed by atoms with E-state index < -0.39 is 29.3 Å². The monoisotopic (exact) mass is 511 g/mol. The number of aromatic nitrogens is 1. The van der Waals surface area contributed by atoms with Gasteiger partial charge in [0.1, 0.15) is 17.4 Å². The van der Waals surface area contributed by atoms with E-state index in [-0.39, 0.29) is 24.3 Å². The van der Waals surface area contributed by atoms with Gasteiger partial charge in [0, 0.05) is 37.1 Å². The van der Waals surface area contributed by atoms with Gasteiger partial charge in [0.25, 0.3) is 0 Å². The normalized spacial score (nSPS) is 19.2. The maximum atomic E-state index is 13.8. The molecule has 0 fully saturated rings. The number of amides is 1. The second kappa shape index (κ2) is 10.7. The Morgan fingerprint density at radius 3 is 2.59 bits per heavy atom. The first-order valence-corrected chi connectivity index (χ1v) is 12.6. The van der Waals surface area contributed by atoms with E-state index in [9.17, 15) is 18.7 Å². The van der Waals surface area contributed by atoms with Crippen LogP contribution in [0.15, 0.2) is 53.2 Å². The van der Waals surface area contributed by atoms with E-state index in [0.717, 1.165) is 29.4 Å². The zero-order valence-corrected chi connectivity index (χ0v) is 21.8. The number of carbonyl (C=O) groups excluding carboxylic acids is 1. The molecule has 3 atom stereocenters. The van der Waals surface area contributed by atoms with Crippen LogP contribution in [0.25, 0.3) is 0 Å². The molecule has 3 aromatic rings. The molecular weight excluding hydrogens is 476 g/mol. The predicted octanol–water partition coefficient (Wildman–Crippen LogP) is 4.33. The lowest BCUT2D eigenvalue weighted by atomic mass is 9.74. The number of benzene rings is 2. The Bertz CT molecular complexity index is 1230. The number of aryl methyl sites for hydroxylation is 1. The van der Waals surface area contributed by atoms with Gasteiger partial charge in [-0.1, -0.05) is 50.2 Å². The van der Waals surface area contributed by atoms with Gasteiger partial charge < -0.3 is 20.3 Å². The molecule has 1 aliphatic carbocycles. The molecule has 1 aliphatic rings. The molecule has 37 heavy (non-hydrogen) atoms. The molecule has 4 rings (SSSR count). The van der Waals surface area contributed by atoms with Crippen LogP contribution in [0.1, 0.15) is 62.1 Å². The summed E-state index contributed by atoms with van der Waals surface area (Å²) in [6.07, 6.45) is 2.87. The Hall–Kier alpha value is -3.10. The van der Waals surface area contributed by atoms with Gasteiger partial charge in [-0.15, -0.1) is 0 Å². The summed E-state index contributed by atoms with van der Waals surface area (Å²) in [5.41, 5.74) is 3.14. The minimum Gasteiger partial charge on any atom is -0.390 e. The van der Waals surface area contributed by atoms with Crippen LogP contribution in [-0.2, 0) is 35.0 Å². The van der Waals surface area contributed by atoms with Crippen LogP contribution in [0.4, 0.5) is 8.78 Å². The third kappa shape index (κ3) is 6.43. The molecule has 0 aliphatic heterocycles. The summed E-state index contributed by atoms with van der Waals surface area (Å²) >= 11 is 0. The van der Waals surface area contributed by atoms with Crippen molar-refractivity contribution in [3.05, 3.63) is 88.3 Å². The van der Waals surface area contributed by atoms with Gasteiger partial charge >= 0.3 is 0 Å². The minimum absolute atomic E-state index is 0.0372. The minimum atomic E-state index is -1.01. The van der Waals surface area contributed by atoms with Crippen molar-refractivity contribution >= 4 is 5.91 Å². The lowest BCUT2D eigenvalue weighted by molar-refractivity contribution is -0.120. The predicted molar refractivity (Wildman–Crippen MR) is 137 cm³/mol. The Morgan fingerprint density at radius 1 is 1.19 bits per heavy atom. The Balaban J connectivity index is 1.60. The summed E-state index contributed by atoms with van der Waals surface area (Å²) in [4.78, 5) is 11.9. The summed E-state index contributed by atoms with van der Waals surface area (Å²) in [6, 6.07) is 11.0. The highest BCUT2D eigenvalue weighted by Crippen LogP contribution is 2.38. The van der Waals surface area contributed by atoms with Gasteiger partial charge in [-0.25, -0.2) is 8.78 Å². The fourth-order valence-electron chi connectivity index (χ4n) is 5.13. The average molecular weight is 512 g/mol. The molecule has 0 saturated heterocycles. The van der Waals surface area contributed by atoms with Gasteiger partial charge in [0.15, 0.2) is 0 Å². The number of hydrogen-bond donors (Lipinski definition) is 3. The molecule has 198 valence electrons. The van der Waals surface area contributed by atoms with Crippen LogP contribution >= 0.6 is 0 Å². The van der Waals surface area contributed by atoms with Crippen molar-refractivity contribution in [2.45, 2.75) is 76.5 Å². The first-order valence-electron chi connectivity index (χ1n) is 12.6.